The third-order valence-corrected chi connectivity index (χ3v) is 2.87. The van der Waals surface area contributed by atoms with Crippen LogP contribution >= 0.6 is 0 Å². The predicted octanol–water partition coefficient (Wildman–Crippen LogP) is 3.03. The van der Waals surface area contributed by atoms with Gasteiger partial charge in [0.15, 0.2) is 5.58 Å². The van der Waals surface area contributed by atoms with Crippen molar-refractivity contribution in [1.82, 2.24) is 9.97 Å². The molecule has 0 saturated heterocycles. The van der Waals surface area contributed by atoms with Crippen LogP contribution in [0.3, 0.4) is 0 Å². The van der Waals surface area contributed by atoms with Crippen LogP contribution in [-0.4, -0.2) is 9.97 Å². The zero-order valence-corrected chi connectivity index (χ0v) is 10.1. The summed E-state index contributed by atoms with van der Waals surface area (Å²) in [5.74, 6) is 0.505. The summed E-state index contributed by atoms with van der Waals surface area (Å²) in [6.07, 6.45) is 2.64. The summed E-state index contributed by atoms with van der Waals surface area (Å²) < 4.78 is 5.69. The third kappa shape index (κ3) is 1.72. The second-order valence-electron chi connectivity index (χ2n) is 4.12. The van der Waals surface area contributed by atoms with Gasteiger partial charge in [-0.15, -0.1) is 0 Å². The number of hydrogen-bond donors (Lipinski definition) is 1. The molecule has 0 spiro atoms. The number of aromatic nitrogens is 2. The molecule has 2 N–H and O–H groups in total. The summed E-state index contributed by atoms with van der Waals surface area (Å²) in [5.41, 5.74) is 9.88. The maximum absolute atomic E-state index is 5.97. The number of benzene rings is 1. The molecule has 0 saturated carbocycles. The number of anilines is 1. The van der Waals surface area contributed by atoms with Crippen LogP contribution in [0.15, 0.2) is 40.9 Å². The molecule has 18 heavy (non-hydrogen) atoms. The fourth-order valence-electron chi connectivity index (χ4n) is 1.92. The van der Waals surface area contributed by atoms with E-state index < -0.39 is 0 Å². The van der Waals surface area contributed by atoms with E-state index in [1.54, 1.807) is 6.20 Å². The molecule has 0 atom stereocenters. The zero-order chi connectivity index (χ0) is 12.5. The fourth-order valence-corrected chi connectivity index (χ4v) is 1.92. The maximum Gasteiger partial charge on any atom is 0.246 e. The lowest BCUT2D eigenvalue weighted by Gasteiger charge is -1.98. The van der Waals surface area contributed by atoms with Gasteiger partial charge in [-0.25, -0.2) is 4.98 Å². The summed E-state index contributed by atoms with van der Waals surface area (Å²) in [5, 5.41) is 0. The molecule has 0 bridgehead atoms. The van der Waals surface area contributed by atoms with Gasteiger partial charge in [0.1, 0.15) is 11.2 Å². The van der Waals surface area contributed by atoms with Crippen molar-refractivity contribution in [1.29, 1.82) is 0 Å². The van der Waals surface area contributed by atoms with E-state index >= 15 is 0 Å². The van der Waals surface area contributed by atoms with Gasteiger partial charge >= 0.3 is 0 Å². The Balaban J connectivity index is 2.20. The third-order valence-electron chi connectivity index (χ3n) is 2.87. The molecule has 4 heteroatoms. The second-order valence-corrected chi connectivity index (χ2v) is 4.12. The molecule has 0 fully saturated rings. The lowest BCUT2D eigenvalue weighted by atomic mass is 10.1. The highest BCUT2D eigenvalue weighted by atomic mass is 16.3. The normalized spacial score (nSPS) is 10.9. The van der Waals surface area contributed by atoms with E-state index in [0.29, 0.717) is 22.9 Å². The number of hydrogen-bond acceptors (Lipinski definition) is 4. The van der Waals surface area contributed by atoms with E-state index in [2.05, 4.69) is 16.9 Å². The Bertz CT molecular complexity index is 689. The van der Waals surface area contributed by atoms with Gasteiger partial charge in [-0.1, -0.05) is 13.0 Å². The summed E-state index contributed by atoms with van der Waals surface area (Å²) in [6, 6.07) is 9.55. The molecular formula is C14H13N3O. The molecule has 2 heterocycles. The number of nitrogens with two attached hydrogens (primary N) is 1. The predicted molar refractivity (Wildman–Crippen MR) is 71.0 cm³/mol. The van der Waals surface area contributed by atoms with E-state index in [9.17, 15) is 0 Å². The molecule has 4 nitrogen and oxygen atoms in total. The van der Waals surface area contributed by atoms with Crippen molar-refractivity contribution in [2.45, 2.75) is 13.3 Å². The molecule has 0 unspecified atom stereocenters. The topological polar surface area (TPSA) is 64.9 Å². The highest BCUT2D eigenvalue weighted by Gasteiger charge is 2.12. The van der Waals surface area contributed by atoms with Gasteiger partial charge in [-0.2, -0.15) is 0 Å². The largest absolute Gasteiger partial charge is 0.432 e. The molecule has 90 valence electrons. The van der Waals surface area contributed by atoms with Gasteiger partial charge in [-0.3, -0.25) is 4.98 Å². The van der Waals surface area contributed by atoms with Crippen LogP contribution < -0.4 is 5.73 Å². The number of pyridine rings is 1. The van der Waals surface area contributed by atoms with Crippen molar-refractivity contribution in [2.75, 3.05) is 5.73 Å². The van der Waals surface area contributed by atoms with Crippen molar-refractivity contribution in [3.8, 4) is 11.6 Å². The van der Waals surface area contributed by atoms with Crippen molar-refractivity contribution in [2.24, 2.45) is 0 Å². The first-order valence-electron chi connectivity index (χ1n) is 5.88. The van der Waals surface area contributed by atoms with Gasteiger partial charge in [0.05, 0.1) is 5.69 Å². The molecule has 0 aliphatic heterocycles. The van der Waals surface area contributed by atoms with E-state index in [-0.39, 0.29) is 0 Å². The van der Waals surface area contributed by atoms with Crippen LogP contribution in [0.5, 0.6) is 0 Å². The van der Waals surface area contributed by atoms with Crippen molar-refractivity contribution >= 4 is 16.8 Å². The number of oxazole rings is 1. The van der Waals surface area contributed by atoms with Crippen LogP contribution in [0.2, 0.25) is 0 Å². The fraction of sp³-hybridized carbons (Fsp3) is 0.143. The Labute approximate surface area is 104 Å². The molecule has 0 amide bonds. The van der Waals surface area contributed by atoms with Crippen molar-refractivity contribution in [3.63, 3.8) is 0 Å². The first kappa shape index (κ1) is 10.8. The van der Waals surface area contributed by atoms with Gasteiger partial charge in [-0.05, 0) is 36.2 Å². The van der Waals surface area contributed by atoms with Crippen LogP contribution in [0, 0.1) is 0 Å². The lowest BCUT2D eigenvalue weighted by Crippen LogP contribution is -1.88. The first-order chi connectivity index (χ1) is 8.78. The van der Waals surface area contributed by atoms with E-state index in [1.165, 1.54) is 0 Å². The summed E-state index contributed by atoms with van der Waals surface area (Å²) in [4.78, 5) is 8.66. The minimum atomic E-state index is 0.505. The minimum absolute atomic E-state index is 0.505. The number of aryl methyl sites for hydroxylation is 1. The second kappa shape index (κ2) is 4.14. The lowest BCUT2D eigenvalue weighted by molar-refractivity contribution is 0.618. The van der Waals surface area contributed by atoms with Crippen LogP contribution in [-0.2, 0) is 6.42 Å². The van der Waals surface area contributed by atoms with Crippen molar-refractivity contribution < 1.29 is 4.42 Å². The Morgan fingerprint density at radius 1 is 1.28 bits per heavy atom. The smallest absolute Gasteiger partial charge is 0.246 e. The Morgan fingerprint density at radius 3 is 2.89 bits per heavy atom. The monoisotopic (exact) mass is 239 g/mol. The van der Waals surface area contributed by atoms with Gasteiger partial charge in [0, 0.05) is 6.20 Å². The molecule has 0 aliphatic carbocycles. The van der Waals surface area contributed by atoms with Gasteiger partial charge < -0.3 is 10.2 Å². The van der Waals surface area contributed by atoms with Gasteiger partial charge in [0.2, 0.25) is 5.89 Å². The van der Waals surface area contributed by atoms with Crippen LogP contribution in [0.25, 0.3) is 22.7 Å². The summed E-state index contributed by atoms with van der Waals surface area (Å²) in [6.45, 7) is 2.08. The Morgan fingerprint density at radius 2 is 2.17 bits per heavy atom. The quantitative estimate of drug-likeness (QED) is 0.698. The van der Waals surface area contributed by atoms with Crippen LogP contribution in [0.1, 0.15) is 12.5 Å². The molecule has 0 aliphatic rings. The minimum Gasteiger partial charge on any atom is -0.432 e. The summed E-state index contributed by atoms with van der Waals surface area (Å²) in [7, 11) is 0. The number of nitrogens with zero attached hydrogens (tertiary/aromatic N) is 2. The highest BCUT2D eigenvalue weighted by Crippen LogP contribution is 2.28. The maximum atomic E-state index is 5.97. The average Bonchev–Trinajstić information content (AvgIpc) is 2.84. The van der Waals surface area contributed by atoms with Gasteiger partial charge in [0.25, 0.3) is 0 Å². The Hall–Kier alpha value is -2.36. The standard InChI is InChI=1S/C14H13N3O/c1-2-9-7-10(15)13-12(8-9)17-14(18-13)11-5-3-4-6-16-11/h3-8H,2,15H2,1H3. The van der Waals surface area contributed by atoms with E-state index in [4.69, 9.17) is 10.2 Å². The molecule has 0 radical (unpaired) electrons. The summed E-state index contributed by atoms with van der Waals surface area (Å²) >= 11 is 0. The van der Waals surface area contributed by atoms with E-state index in [0.717, 1.165) is 17.5 Å². The Kier molecular flexibility index (Phi) is 2.48. The molecule has 3 aromatic rings. The molecule has 2 aromatic heterocycles. The molecule has 1 aromatic carbocycles. The first-order valence-corrected chi connectivity index (χ1v) is 5.88. The van der Waals surface area contributed by atoms with Crippen LogP contribution in [0.4, 0.5) is 5.69 Å². The highest BCUT2D eigenvalue weighted by molar-refractivity contribution is 5.87. The number of fused-ring (bicyclic) bond motifs is 1. The van der Waals surface area contributed by atoms with Crippen molar-refractivity contribution in [3.05, 3.63) is 42.1 Å². The zero-order valence-electron chi connectivity index (χ0n) is 10.1. The SMILES string of the molecule is CCc1cc(N)c2oc(-c3ccccn3)nc2c1. The molecular weight excluding hydrogens is 226 g/mol. The average molecular weight is 239 g/mol. The number of nitrogen functional groups attached to an aromatic ring is 1. The number of rotatable bonds is 2. The molecule has 3 rings (SSSR count). The van der Waals surface area contributed by atoms with E-state index in [1.807, 2.05) is 30.3 Å².